The molecule has 296 valence electrons. The molecule has 0 aromatic heterocycles. The number of amides is 4. The average Bonchev–Trinajstić information content (AvgIpc) is 3.09. The number of aromatic hydroxyl groups is 2. The molecular weight excluding hydrogens is 708 g/mol. The van der Waals surface area contributed by atoms with Crippen molar-refractivity contribution in [1.29, 1.82) is 0 Å². The van der Waals surface area contributed by atoms with E-state index < -0.39 is 83.5 Å². The molecule has 2 unspecified atom stereocenters. The topological polar surface area (TPSA) is 278 Å². The summed E-state index contributed by atoms with van der Waals surface area (Å²) < 4.78 is 0. The first-order valence-corrected chi connectivity index (χ1v) is 17.6. The molecule has 2 atom stereocenters. The van der Waals surface area contributed by atoms with Gasteiger partial charge in [-0.05, 0) is 48.9 Å². The van der Waals surface area contributed by atoms with Gasteiger partial charge in [-0.1, -0.05) is 27.7 Å². The molecule has 0 heterocycles. The predicted octanol–water partition coefficient (Wildman–Crippen LogP) is 1.70. The monoisotopic (exact) mass is 758 g/mol. The van der Waals surface area contributed by atoms with Gasteiger partial charge in [-0.3, -0.25) is 19.2 Å². The molecule has 0 radical (unpaired) electrons. The van der Waals surface area contributed by atoms with E-state index in [0.29, 0.717) is 0 Å². The maximum atomic E-state index is 14.0. The van der Waals surface area contributed by atoms with E-state index in [-0.39, 0.29) is 86.4 Å². The van der Waals surface area contributed by atoms with Crippen LogP contribution in [0.1, 0.15) is 72.4 Å². The quantitative estimate of drug-likeness (QED) is 0.0735. The van der Waals surface area contributed by atoms with Crippen molar-refractivity contribution in [2.75, 3.05) is 63.1 Å². The fourth-order valence-corrected chi connectivity index (χ4v) is 6.34. The van der Waals surface area contributed by atoms with Gasteiger partial charge in [0, 0.05) is 50.6 Å². The van der Waals surface area contributed by atoms with Crippen LogP contribution >= 0.6 is 0 Å². The van der Waals surface area contributed by atoms with Crippen LogP contribution in [0.5, 0.6) is 11.5 Å². The largest absolute Gasteiger partial charge is 0.507 e. The standard InChI is InChI=1S/C36H50N6O12/c1-19(2)17-23(39-35(51)52)33(49)41(13-15-43)11-9-37-21-5-6-22(28-27(21)31(47)29-25(45)7-8-26(46)30(29)32(28)48)38-10-12-42(14-16-44)34(50)24(18-20(3)4)40-36(53)54/h5-8,19-20,23-24,37-40,43-46H,9-18H2,1-4H3,(H,51,52)(H,53,54). The van der Waals surface area contributed by atoms with E-state index in [9.17, 15) is 59.4 Å². The number of nitrogens with zero attached hydrogens (tertiary/aromatic N) is 2. The van der Waals surface area contributed by atoms with Crippen molar-refractivity contribution in [3.05, 3.63) is 46.5 Å². The number of hydrogen-bond acceptors (Lipinski definition) is 12. The Hall–Kier alpha value is -5.62. The van der Waals surface area contributed by atoms with Gasteiger partial charge in [-0.15, -0.1) is 0 Å². The number of benzene rings is 2. The zero-order chi connectivity index (χ0) is 40.3. The molecule has 10 N–H and O–H groups in total. The smallest absolute Gasteiger partial charge is 0.405 e. The highest BCUT2D eigenvalue weighted by Crippen LogP contribution is 2.42. The number of carbonyl (C=O) groups is 6. The number of phenolic OH excluding ortho intramolecular Hbond substituents is 2. The van der Waals surface area contributed by atoms with Crippen LogP contribution in [0.25, 0.3) is 0 Å². The zero-order valence-electron chi connectivity index (χ0n) is 30.7. The maximum absolute atomic E-state index is 14.0. The van der Waals surface area contributed by atoms with E-state index in [1.807, 2.05) is 27.7 Å². The van der Waals surface area contributed by atoms with Gasteiger partial charge in [0.25, 0.3) is 0 Å². The highest BCUT2D eigenvalue weighted by molar-refractivity contribution is 6.33. The first-order valence-electron chi connectivity index (χ1n) is 17.6. The third-order valence-corrected chi connectivity index (χ3v) is 8.64. The van der Waals surface area contributed by atoms with Crippen molar-refractivity contribution >= 4 is 46.9 Å². The molecule has 0 aliphatic heterocycles. The summed E-state index contributed by atoms with van der Waals surface area (Å²) in [6.45, 7) is 6.12. The molecule has 0 bridgehead atoms. The van der Waals surface area contributed by atoms with Crippen LogP contribution in [-0.2, 0) is 9.59 Å². The lowest BCUT2D eigenvalue weighted by Gasteiger charge is -2.29. The summed E-state index contributed by atoms with van der Waals surface area (Å²) >= 11 is 0. The van der Waals surface area contributed by atoms with E-state index in [1.54, 1.807) is 0 Å². The molecular formula is C36H50N6O12. The Kier molecular flexibility index (Phi) is 15.4. The molecule has 1 aliphatic carbocycles. The summed E-state index contributed by atoms with van der Waals surface area (Å²) in [6, 6.07) is 2.97. The molecule has 18 heteroatoms. The van der Waals surface area contributed by atoms with Crippen LogP contribution in [0.2, 0.25) is 0 Å². The van der Waals surface area contributed by atoms with Crippen molar-refractivity contribution in [3.8, 4) is 11.5 Å². The molecule has 3 rings (SSSR count). The predicted molar refractivity (Wildman–Crippen MR) is 196 cm³/mol. The Bertz CT molecular complexity index is 1590. The second kappa shape index (κ2) is 19.5. The van der Waals surface area contributed by atoms with Crippen LogP contribution in [0, 0.1) is 11.8 Å². The number of rotatable bonds is 20. The normalized spacial score (nSPS) is 13.1. The van der Waals surface area contributed by atoms with Gasteiger partial charge in [0.05, 0.1) is 35.5 Å². The van der Waals surface area contributed by atoms with Crippen molar-refractivity contribution in [3.63, 3.8) is 0 Å². The summed E-state index contributed by atoms with van der Waals surface area (Å²) in [5.74, 6) is -3.86. The van der Waals surface area contributed by atoms with Gasteiger partial charge in [0.2, 0.25) is 23.4 Å². The maximum Gasteiger partial charge on any atom is 0.405 e. The number of nitrogens with one attached hydrogen (secondary N) is 4. The van der Waals surface area contributed by atoms with Crippen LogP contribution in [-0.4, -0.2) is 141 Å². The van der Waals surface area contributed by atoms with Crippen LogP contribution in [0.4, 0.5) is 21.0 Å². The van der Waals surface area contributed by atoms with Gasteiger partial charge in [-0.25, -0.2) is 9.59 Å². The number of phenols is 2. The van der Waals surface area contributed by atoms with Crippen LogP contribution in [0.15, 0.2) is 24.3 Å². The number of hydrogen-bond donors (Lipinski definition) is 10. The Morgan fingerprint density at radius 1 is 0.593 bits per heavy atom. The first-order chi connectivity index (χ1) is 25.5. The van der Waals surface area contributed by atoms with Crippen molar-refractivity contribution in [2.24, 2.45) is 11.8 Å². The van der Waals surface area contributed by atoms with Gasteiger partial charge < -0.3 is 61.7 Å². The molecule has 2 aromatic rings. The SMILES string of the molecule is CC(C)CC(NC(=O)O)C(=O)N(CCO)CCNc1ccc(NCCN(CCO)C(=O)C(CC(C)C)NC(=O)O)c2c1C(=O)c1c(O)ccc(O)c1C2=O. The van der Waals surface area contributed by atoms with E-state index in [2.05, 4.69) is 21.3 Å². The molecule has 54 heavy (non-hydrogen) atoms. The van der Waals surface area contributed by atoms with Crippen molar-refractivity contribution in [2.45, 2.75) is 52.6 Å². The first kappa shape index (κ1) is 42.8. The van der Waals surface area contributed by atoms with Gasteiger partial charge >= 0.3 is 12.2 Å². The number of aliphatic hydroxyl groups excluding tert-OH is 2. The molecule has 18 nitrogen and oxygen atoms in total. The lowest BCUT2D eigenvalue weighted by atomic mass is 9.81. The minimum absolute atomic E-state index is 0.0209. The number of fused-ring (bicyclic) bond motifs is 2. The van der Waals surface area contributed by atoms with Crippen LogP contribution in [0.3, 0.4) is 0 Å². The summed E-state index contributed by atoms with van der Waals surface area (Å²) in [5.41, 5.74) is -0.876. The van der Waals surface area contributed by atoms with Crippen LogP contribution < -0.4 is 21.3 Å². The molecule has 0 spiro atoms. The summed E-state index contributed by atoms with van der Waals surface area (Å²) in [4.78, 5) is 80.0. The summed E-state index contributed by atoms with van der Waals surface area (Å²) in [7, 11) is 0. The second-order valence-corrected chi connectivity index (χ2v) is 13.6. The Balaban J connectivity index is 1.95. The molecule has 4 amide bonds. The Morgan fingerprint density at radius 3 is 1.24 bits per heavy atom. The fourth-order valence-electron chi connectivity index (χ4n) is 6.34. The lowest BCUT2D eigenvalue weighted by molar-refractivity contribution is -0.134. The number of aliphatic hydroxyl groups is 2. The Morgan fingerprint density at radius 2 is 0.944 bits per heavy atom. The number of anilines is 2. The molecule has 2 aromatic carbocycles. The number of ketones is 2. The zero-order valence-corrected chi connectivity index (χ0v) is 30.7. The highest BCUT2D eigenvalue weighted by atomic mass is 16.4. The van der Waals surface area contributed by atoms with Gasteiger partial charge in [0.1, 0.15) is 23.6 Å². The van der Waals surface area contributed by atoms with Gasteiger partial charge in [-0.2, -0.15) is 0 Å². The van der Waals surface area contributed by atoms with E-state index in [4.69, 9.17) is 0 Å². The third kappa shape index (κ3) is 10.7. The minimum atomic E-state index is -1.38. The Labute approximate surface area is 312 Å². The summed E-state index contributed by atoms with van der Waals surface area (Å²) in [5, 5.41) is 69.7. The van der Waals surface area contributed by atoms with E-state index >= 15 is 0 Å². The average molecular weight is 759 g/mol. The lowest BCUT2D eigenvalue weighted by Crippen LogP contribution is -2.50. The highest BCUT2D eigenvalue weighted by Gasteiger charge is 2.38. The molecule has 1 aliphatic rings. The summed E-state index contributed by atoms with van der Waals surface area (Å²) in [6.07, 6.45) is -2.35. The minimum Gasteiger partial charge on any atom is -0.507 e. The molecule has 0 saturated carbocycles. The molecule has 0 saturated heterocycles. The number of carbonyl (C=O) groups excluding carboxylic acids is 4. The molecule has 0 fully saturated rings. The van der Waals surface area contributed by atoms with Crippen molar-refractivity contribution in [1.82, 2.24) is 20.4 Å². The fraction of sp³-hybridized carbons (Fsp3) is 0.500. The number of carboxylic acid groups (broad SMARTS) is 2. The van der Waals surface area contributed by atoms with Gasteiger partial charge in [0.15, 0.2) is 0 Å². The second-order valence-electron chi connectivity index (χ2n) is 13.6. The van der Waals surface area contributed by atoms with E-state index in [1.165, 1.54) is 21.9 Å². The third-order valence-electron chi connectivity index (χ3n) is 8.64. The van der Waals surface area contributed by atoms with Crippen molar-refractivity contribution < 1.29 is 59.4 Å². The van der Waals surface area contributed by atoms with E-state index in [0.717, 1.165) is 12.1 Å².